The fourth-order valence-corrected chi connectivity index (χ4v) is 5.50. The molecule has 0 unspecified atom stereocenters. The van der Waals surface area contributed by atoms with Gasteiger partial charge in [0.05, 0.1) is 6.61 Å². The molecule has 5 nitrogen and oxygen atoms in total. The van der Waals surface area contributed by atoms with Gasteiger partial charge in [-0.2, -0.15) is 0 Å². The van der Waals surface area contributed by atoms with Gasteiger partial charge in [0.25, 0.3) is 0 Å². The van der Waals surface area contributed by atoms with Crippen molar-refractivity contribution in [2.75, 3.05) is 13.2 Å². The van der Waals surface area contributed by atoms with Crippen LogP contribution in [0.1, 0.15) is 201 Å². The lowest BCUT2D eigenvalue weighted by Crippen LogP contribution is -2.28. The number of rotatable bonds is 33. The first-order valence-electron chi connectivity index (χ1n) is 18.5. The highest BCUT2D eigenvalue weighted by Crippen LogP contribution is 2.15. The molecule has 250 valence electrons. The number of aliphatic hydroxyl groups excluding tert-OH is 1. The lowest BCUT2D eigenvalue weighted by molar-refractivity contribution is -0.161. The van der Waals surface area contributed by atoms with Crippen LogP contribution in [0.4, 0.5) is 0 Å². The zero-order valence-electron chi connectivity index (χ0n) is 28.4. The van der Waals surface area contributed by atoms with Gasteiger partial charge in [-0.25, -0.2) is 0 Å². The number of aliphatic hydroxyl groups is 1. The SMILES string of the molecule is CCCCCCCCCCCCCCCCCC(=O)O[C@@H](CO)COC(=O)CCCCCCCCCCCCC(C)C. The van der Waals surface area contributed by atoms with E-state index in [9.17, 15) is 14.7 Å². The second-order valence-electron chi connectivity index (χ2n) is 13.1. The Kier molecular flexibility index (Phi) is 31.9. The van der Waals surface area contributed by atoms with Gasteiger partial charge >= 0.3 is 11.9 Å². The van der Waals surface area contributed by atoms with Crippen molar-refractivity contribution < 1.29 is 24.2 Å². The number of ether oxygens (including phenoxy) is 2. The lowest BCUT2D eigenvalue weighted by Gasteiger charge is -2.15. The first-order chi connectivity index (χ1) is 20.5. The summed E-state index contributed by atoms with van der Waals surface area (Å²) < 4.78 is 10.6. The van der Waals surface area contributed by atoms with Crippen molar-refractivity contribution in [2.45, 2.75) is 207 Å². The molecule has 0 rings (SSSR count). The summed E-state index contributed by atoms with van der Waals surface area (Å²) in [4.78, 5) is 24.2. The van der Waals surface area contributed by atoms with E-state index >= 15 is 0 Å². The molecule has 0 aromatic rings. The molecule has 0 saturated carbocycles. The number of esters is 2. The van der Waals surface area contributed by atoms with E-state index in [1.54, 1.807) is 0 Å². The van der Waals surface area contributed by atoms with Gasteiger partial charge in [0.15, 0.2) is 6.10 Å². The minimum atomic E-state index is -0.761. The van der Waals surface area contributed by atoms with E-state index in [4.69, 9.17) is 9.47 Å². The fourth-order valence-electron chi connectivity index (χ4n) is 5.50. The van der Waals surface area contributed by atoms with Crippen molar-refractivity contribution in [3.8, 4) is 0 Å². The predicted octanol–water partition coefficient (Wildman–Crippen LogP) is 11.0. The van der Waals surface area contributed by atoms with Crippen molar-refractivity contribution >= 4 is 11.9 Å². The molecule has 0 aromatic heterocycles. The Balaban J connectivity index is 3.52. The smallest absolute Gasteiger partial charge is 0.306 e. The molecule has 0 bridgehead atoms. The summed E-state index contributed by atoms with van der Waals surface area (Å²) >= 11 is 0. The van der Waals surface area contributed by atoms with Crippen molar-refractivity contribution in [3.63, 3.8) is 0 Å². The summed E-state index contributed by atoms with van der Waals surface area (Å²) in [6.45, 7) is 6.48. The second kappa shape index (κ2) is 32.8. The van der Waals surface area contributed by atoms with Crippen LogP contribution >= 0.6 is 0 Å². The lowest BCUT2D eigenvalue weighted by atomic mass is 10.0. The minimum absolute atomic E-state index is 0.0584. The molecule has 1 N–H and O–H groups in total. The van der Waals surface area contributed by atoms with Crippen molar-refractivity contribution in [2.24, 2.45) is 5.92 Å². The van der Waals surface area contributed by atoms with Crippen molar-refractivity contribution in [3.05, 3.63) is 0 Å². The number of hydrogen-bond donors (Lipinski definition) is 1. The van der Waals surface area contributed by atoms with Crippen molar-refractivity contribution in [1.82, 2.24) is 0 Å². The number of unbranched alkanes of at least 4 members (excludes halogenated alkanes) is 23. The molecule has 0 aliphatic heterocycles. The molecule has 0 radical (unpaired) electrons. The highest BCUT2D eigenvalue weighted by Gasteiger charge is 2.16. The van der Waals surface area contributed by atoms with Crippen LogP contribution in [0.25, 0.3) is 0 Å². The first kappa shape index (κ1) is 40.9. The Morgan fingerprint density at radius 1 is 0.524 bits per heavy atom. The number of carbonyl (C=O) groups excluding carboxylic acids is 2. The van der Waals surface area contributed by atoms with Crippen molar-refractivity contribution in [1.29, 1.82) is 0 Å². The Morgan fingerprint density at radius 3 is 1.26 bits per heavy atom. The summed E-state index contributed by atoms with van der Waals surface area (Å²) in [5.74, 6) is 0.248. The quantitative estimate of drug-likeness (QED) is 0.0602. The van der Waals surface area contributed by atoms with E-state index in [2.05, 4.69) is 20.8 Å². The Labute approximate surface area is 261 Å². The molecular formula is C37H72O5. The van der Waals surface area contributed by atoms with Gasteiger partial charge in [-0.15, -0.1) is 0 Å². The molecule has 0 aliphatic carbocycles. The molecule has 0 spiro atoms. The average Bonchev–Trinajstić information content (AvgIpc) is 2.97. The standard InChI is InChI=1S/C37H72O5/c1-4-5-6-7-8-9-10-11-12-13-14-19-22-25-28-31-37(40)42-35(32-38)33-41-36(39)30-27-24-21-18-16-15-17-20-23-26-29-34(2)3/h34-35,38H,4-33H2,1-3H3/t35-/m0/s1. The van der Waals surface area contributed by atoms with Gasteiger partial charge in [-0.3, -0.25) is 9.59 Å². The summed E-state index contributed by atoms with van der Waals surface area (Å²) in [5, 5.41) is 9.52. The van der Waals surface area contributed by atoms with Crippen LogP contribution in [-0.2, 0) is 19.1 Å². The van der Waals surface area contributed by atoms with Crippen LogP contribution in [0, 0.1) is 5.92 Å². The molecule has 0 amide bonds. The van der Waals surface area contributed by atoms with Crippen LogP contribution in [0.3, 0.4) is 0 Å². The van der Waals surface area contributed by atoms with E-state index in [0.717, 1.165) is 44.4 Å². The molecule has 0 heterocycles. The Bertz CT molecular complexity index is 577. The van der Waals surface area contributed by atoms with Gasteiger partial charge < -0.3 is 14.6 Å². The third kappa shape index (κ3) is 31.8. The third-order valence-corrected chi connectivity index (χ3v) is 8.33. The molecule has 42 heavy (non-hydrogen) atoms. The fraction of sp³-hybridized carbons (Fsp3) is 0.946. The molecule has 0 saturated heterocycles. The van der Waals surface area contributed by atoms with Crippen LogP contribution in [0.2, 0.25) is 0 Å². The molecular weight excluding hydrogens is 524 g/mol. The van der Waals surface area contributed by atoms with Crippen LogP contribution in [-0.4, -0.2) is 36.4 Å². The zero-order valence-corrected chi connectivity index (χ0v) is 28.4. The molecule has 1 atom stereocenters. The number of carbonyl (C=O) groups is 2. The maximum Gasteiger partial charge on any atom is 0.306 e. The van der Waals surface area contributed by atoms with E-state index in [1.807, 2.05) is 0 Å². The zero-order chi connectivity index (χ0) is 30.9. The van der Waals surface area contributed by atoms with Crippen LogP contribution in [0.5, 0.6) is 0 Å². The highest BCUT2D eigenvalue weighted by molar-refractivity contribution is 5.70. The van der Waals surface area contributed by atoms with E-state index in [-0.39, 0.29) is 25.2 Å². The molecule has 0 fully saturated rings. The first-order valence-corrected chi connectivity index (χ1v) is 18.5. The van der Waals surface area contributed by atoms with Gasteiger partial charge in [-0.05, 0) is 18.8 Å². The number of hydrogen-bond acceptors (Lipinski definition) is 5. The predicted molar refractivity (Wildman–Crippen MR) is 178 cm³/mol. The van der Waals surface area contributed by atoms with Gasteiger partial charge in [-0.1, -0.05) is 175 Å². The van der Waals surface area contributed by atoms with Crippen LogP contribution in [0.15, 0.2) is 0 Å². The Morgan fingerprint density at radius 2 is 0.881 bits per heavy atom. The summed E-state index contributed by atoms with van der Waals surface area (Å²) in [7, 11) is 0. The Hall–Kier alpha value is -1.10. The molecule has 5 heteroatoms. The summed E-state index contributed by atoms with van der Waals surface area (Å²) in [6.07, 6.45) is 33.0. The average molecular weight is 597 g/mol. The minimum Gasteiger partial charge on any atom is -0.462 e. The van der Waals surface area contributed by atoms with Gasteiger partial charge in [0.1, 0.15) is 6.61 Å². The third-order valence-electron chi connectivity index (χ3n) is 8.33. The topological polar surface area (TPSA) is 72.8 Å². The van der Waals surface area contributed by atoms with Gasteiger partial charge in [0, 0.05) is 12.8 Å². The summed E-state index contributed by atoms with van der Waals surface area (Å²) in [6, 6.07) is 0. The van der Waals surface area contributed by atoms with E-state index < -0.39 is 6.10 Å². The van der Waals surface area contributed by atoms with E-state index in [0.29, 0.717) is 12.8 Å². The monoisotopic (exact) mass is 597 g/mol. The largest absolute Gasteiger partial charge is 0.462 e. The normalized spacial score (nSPS) is 12.1. The molecule has 0 aromatic carbocycles. The molecule has 0 aliphatic rings. The maximum absolute atomic E-state index is 12.1. The summed E-state index contributed by atoms with van der Waals surface area (Å²) in [5.41, 5.74) is 0. The maximum atomic E-state index is 12.1. The highest BCUT2D eigenvalue weighted by atomic mass is 16.6. The van der Waals surface area contributed by atoms with Gasteiger partial charge in [0.2, 0.25) is 0 Å². The second-order valence-corrected chi connectivity index (χ2v) is 13.1. The van der Waals surface area contributed by atoms with E-state index in [1.165, 1.54) is 128 Å². The van der Waals surface area contributed by atoms with Crippen LogP contribution < -0.4 is 0 Å².